The van der Waals surface area contributed by atoms with Crippen molar-refractivity contribution in [1.29, 1.82) is 0 Å². The van der Waals surface area contributed by atoms with Gasteiger partial charge in [0.25, 0.3) is 0 Å². The summed E-state index contributed by atoms with van der Waals surface area (Å²) in [6.45, 7) is 2.46. The van der Waals surface area contributed by atoms with Crippen molar-refractivity contribution in [3.05, 3.63) is 47.0 Å². The Morgan fingerprint density at radius 2 is 2.24 bits per heavy atom. The van der Waals surface area contributed by atoms with Crippen molar-refractivity contribution in [2.75, 3.05) is 12.4 Å². The average Bonchev–Trinajstić information content (AvgIpc) is 2.85. The average molecular weight is 291 g/mol. The number of hydrogen-bond donors (Lipinski definition) is 1. The first-order valence-corrected chi connectivity index (χ1v) is 6.68. The van der Waals surface area contributed by atoms with Gasteiger partial charge in [0.15, 0.2) is 0 Å². The minimum atomic E-state index is -0.492. The predicted molar refractivity (Wildman–Crippen MR) is 77.7 cm³/mol. The van der Waals surface area contributed by atoms with Crippen LogP contribution in [-0.2, 0) is 24.8 Å². The summed E-state index contributed by atoms with van der Waals surface area (Å²) in [6, 6.07) is 4.09. The van der Waals surface area contributed by atoms with Crippen LogP contribution in [0.2, 0.25) is 0 Å². The van der Waals surface area contributed by atoms with E-state index in [0.717, 1.165) is 17.7 Å². The van der Waals surface area contributed by atoms with Gasteiger partial charge in [-0.2, -0.15) is 5.10 Å². The van der Waals surface area contributed by atoms with Crippen LogP contribution in [-0.4, -0.2) is 22.9 Å². The number of rotatable bonds is 5. The van der Waals surface area contributed by atoms with Crippen LogP contribution in [0.3, 0.4) is 0 Å². The molecule has 0 spiro atoms. The molecule has 1 N–H and O–H groups in total. The van der Waals surface area contributed by atoms with Crippen molar-refractivity contribution in [1.82, 2.24) is 9.78 Å². The number of carbonyl (C=O) groups excluding carboxylic acids is 1. The number of ether oxygens (including phenoxy) is 1. The van der Waals surface area contributed by atoms with Crippen LogP contribution >= 0.6 is 0 Å². The lowest BCUT2D eigenvalue weighted by atomic mass is 10.1. The normalized spacial score (nSPS) is 10.5. The molecule has 1 aromatic heterocycles. The molecule has 0 aliphatic carbocycles. The molecule has 0 aliphatic rings. The van der Waals surface area contributed by atoms with Crippen molar-refractivity contribution >= 4 is 11.7 Å². The molecule has 0 saturated carbocycles. The molecular weight excluding hydrogens is 273 g/mol. The van der Waals surface area contributed by atoms with Gasteiger partial charge in [-0.3, -0.25) is 4.68 Å². The molecule has 0 fully saturated rings. The first kappa shape index (κ1) is 15.0. The summed E-state index contributed by atoms with van der Waals surface area (Å²) in [6.07, 6.45) is 2.70. The number of carbonyl (C=O) groups is 1. The third-order valence-corrected chi connectivity index (χ3v) is 3.18. The van der Waals surface area contributed by atoms with Crippen LogP contribution in [0.15, 0.2) is 24.4 Å². The maximum atomic E-state index is 13.8. The SMILES string of the molecule is CCc1nn(C)cc1CNc1cc(C(=O)OC)ccc1F. The fourth-order valence-electron chi connectivity index (χ4n) is 2.12. The van der Waals surface area contributed by atoms with E-state index in [9.17, 15) is 9.18 Å². The summed E-state index contributed by atoms with van der Waals surface area (Å²) in [5, 5.41) is 7.33. The highest BCUT2D eigenvalue weighted by Crippen LogP contribution is 2.18. The number of aryl methyl sites for hydroxylation is 2. The maximum Gasteiger partial charge on any atom is 0.337 e. The highest BCUT2D eigenvalue weighted by molar-refractivity contribution is 5.90. The van der Waals surface area contributed by atoms with Crippen LogP contribution < -0.4 is 5.32 Å². The predicted octanol–water partition coefficient (Wildman–Crippen LogP) is 2.52. The summed E-state index contributed by atoms with van der Waals surface area (Å²) in [4.78, 5) is 11.5. The highest BCUT2D eigenvalue weighted by Gasteiger charge is 2.11. The lowest BCUT2D eigenvalue weighted by Gasteiger charge is -2.09. The van der Waals surface area contributed by atoms with Gasteiger partial charge in [-0.1, -0.05) is 6.92 Å². The Hall–Kier alpha value is -2.37. The molecule has 5 nitrogen and oxygen atoms in total. The van der Waals surface area contributed by atoms with Crippen LogP contribution in [0.25, 0.3) is 0 Å². The second kappa shape index (κ2) is 6.39. The quantitative estimate of drug-likeness (QED) is 0.860. The van der Waals surface area contributed by atoms with Gasteiger partial charge >= 0.3 is 5.97 Å². The molecule has 112 valence electrons. The lowest BCUT2D eigenvalue weighted by molar-refractivity contribution is 0.0600. The molecule has 0 bridgehead atoms. The summed E-state index contributed by atoms with van der Waals surface area (Å²) in [5.74, 6) is -0.904. The molecular formula is C15H18FN3O2. The van der Waals surface area contributed by atoms with E-state index in [2.05, 4.69) is 15.2 Å². The summed E-state index contributed by atoms with van der Waals surface area (Å²) in [5.41, 5.74) is 2.55. The molecule has 0 saturated heterocycles. The molecule has 2 aromatic rings. The molecule has 2 rings (SSSR count). The van der Waals surface area contributed by atoms with Crippen LogP contribution in [0.4, 0.5) is 10.1 Å². The largest absolute Gasteiger partial charge is 0.465 e. The van der Waals surface area contributed by atoms with Gasteiger partial charge in [0.2, 0.25) is 0 Å². The van der Waals surface area contributed by atoms with Gasteiger partial charge in [0.1, 0.15) is 5.82 Å². The number of nitrogens with one attached hydrogen (secondary N) is 1. The fraction of sp³-hybridized carbons (Fsp3) is 0.333. The van der Waals surface area contributed by atoms with Gasteiger partial charge < -0.3 is 10.1 Å². The number of esters is 1. The Kier molecular flexibility index (Phi) is 4.57. The van der Waals surface area contributed by atoms with Crippen LogP contribution in [0.1, 0.15) is 28.5 Å². The van der Waals surface area contributed by atoms with Crippen LogP contribution in [0, 0.1) is 5.82 Å². The smallest absolute Gasteiger partial charge is 0.337 e. The second-order valence-electron chi connectivity index (χ2n) is 4.67. The maximum absolute atomic E-state index is 13.8. The van der Waals surface area contributed by atoms with Crippen molar-refractivity contribution in [2.45, 2.75) is 19.9 Å². The number of aromatic nitrogens is 2. The number of hydrogen-bond acceptors (Lipinski definition) is 4. The summed E-state index contributed by atoms with van der Waals surface area (Å²) >= 11 is 0. The third-order valence-electron chi connectivity index (χ3n) is 3.18. The fourth-order valence-corrected chi connectivity index (χ4v) is 2.12. The number of anilines is 1. The standard InChI is InChI=1S/C15H18FN3O2/c1-4-13-11(9-19(2)18-13)8-17-14-7-10(15(20)21-3)5-6-12(14)16/h5-7,9,17H,4,8H2,1-3H3. The van der Waals surface area contributed by atoms with Gasteiger partial charge in [0, 0.05) is 25.4 Å². The lowest BCUT2D eigenvalue weighted by Crippen LogP contribution is -2.06. The zero-order valence-corrected chi connectivity index (χ0v) is 12.3. The minimum absolute atomic E-state index is 0.267. The molecule has 0 atom stereocenters. The van der Waals surface area contributed by atoms with Crippen LogP contribution in [0.5, 0.6) is 0 Å². The van der Waals surface area contributed by atoms with Gasteiger partial charge in [-0.25, -0.2) is 9.18 Å². The van der Waals surface area contributed by atoms with Crippen molar-refractivity contribution in [3.63, 3.8) is 0 Å². The highest BCUT2D eigenvalue weighted by atomic mass is 19.1. The Labute approximate surface area is 122 Å². The molecule has 0 unspecified atom stereocenters. The van der Waals surface area contributed by atoms with E-state index in [1.54, 1.807) is 4.68 Å². The Morgan fingerprint density at radius 3 is 2.90 bits per heavy atom. The molecule has 0 amide bonds. The van der Waals surface area contributed by atoms with Crippen molar-refractivity contribution < 1.29 is 13.9 Å². The van der Waals surface area contributed by atoms with E-state index in [0.29, 0.717) is 12.1 Å². The molecule has 0 aliphatic heterocycles. The number of benzene rings is 1. The molecule has 21 heavy (non-hydrogen) atoms. The summed E-state index contributed by atoms with van der Waals surface area (Å²) in [7, 11) is 3.14. The first-order chi connectivity index (χ1) is 10.0. The van der Waals surface area contributed by atoms with E-state index < -0.39 is 11.8 Å². The third kappa shape index (κ3) is 3.39. The first-order valence-electron chi connectivity index (χ1n) is 6.68. The van der Waals surface area contributed by atoms with Gasteiger partial charge in [-0.05, 0) is 24.6 Å². The Bertz CT molecular complexity index is 652. The monoisotopic (exact) mass is 291 g/mol. The number of halogens is 1. The van der Waals surface area contributed by atoms with Gasteiger partial charge in [-0.15, -0.1) is 0 Å². The number of methoxy groups -OCH3 is 1. The van der Waals surface area contributed by atoms with E-state index in [1.165, 1.54) is 25.3 Å². The Morgan fingerprint density at radius 1 is 1.48 bits per heavy atom. The second-order valence-corrected chi connectivity index (χ2v) is 4.67. The molecule has 0 radical (unpaired) electrons. The van der Waals surface area contributed by atoms with E-state index in [1.807, 2.05) is 20.2 Å². The number of nitrogens with zero attached hydrogens (tertiary/aromatic N) is 2. The Balaban J connectivity index is 2.17. The molecule has 6 heteroatoms. The van der Waals surface area contributed by atoms with E-state index >= 15 is 0 Å². The summed E-state index contributed by atoms with van der Waals surface area (Å²) < 4.78 is 20.2. The van der Waals surface area contributed by atoms with Crippen molar-refractivity contribution in [2.24, 2.45) is 7.05 Å². The van der Waals surface area contributed by atoms with E-state index in [4.69, 9.17) is 0 Å². The van der Waals surface area contributed by atoms with Crippen molar-refractivity contribution in [3.8, 4) is 0 Å². The molecule has 1 aromatic carbocycles. The van der Waals surface area contributed by atoms with Gasteiger partial charge in [0.05, 0.1) is 24.1 Å². The molecule has 1 heterocycles. The van der Waals surface area contributed by atoms with E-state index in [-0.39, 0.29) is 5.69 Å². The topological polar surface area (TPSA) is 56.2 Å². The zero-order valence-electron chi connectivity index (χ0n) is 12.3. The zero-order chi connectivity index (χ0) is 15.4. The minimum Gasteiger partial charge on any atom is -0.465 e.